The molecule has 21 heavy (non-hydrogen) atoms. The van der Waals surface area contributed by atoms with Gasteiger partial charge in [0.1, 0.15) is 5.69 Å². The van der Waals surface area contributed by atoms with Crippen LogP contribution in [-0.2, 0) is 9.53 Å². The minimum Gasteiger partial charge on any atom is -0.381 e. The predicted molar refractivity (Wildman–Crippen MR) is 80.3 cm³/mol. The number of hydrogen-bond acceptors (Lipinski definition) is 5. The van der Waals surface area contributed by atoms with Crippen LogP contribution in [0, 0.1) is 0 Å². The van der Waals surface area contributed by atoms with E-state index in [4.69, 9.17) is 4.74 Å². The lowest BCUT2D eigenvalue weighted by Gasteiger charge is -2.21. The molecule has 1 fully saturated rings. The van der Waals surface area contributed by atoms with Gasteiger partial charge in [-0.3, -0.25) is 9.59 Å². The monoisotopic (exact) mass is 311 g/mol. The highest BCUT2D eigenvalue weighted by Gasteiger charge is 2.23. The standard InChI is InChI=1S/C14H21N3O3S/c1-2-20-9-4-13(18)16-5-3-6-17(8-7-16)14(19)12-10-21-11-15-12/h10-11H,2-9H2,1H3. The lowest BCUT2D eigenvalue weighted by atomic mass is 10.3. The summed E-state index contributed by atoms with van der Waals surface area (Å²) >= 11 is 1.42. The first-order chi connectivity index (χ1) is 10.2. The highest BCUT2D eigenvalue weighted by Crippen LogP contribution is 2.10. The van der Waals surface area contributed by atoms with Gasteiger partial charge in [-0.05, 0) is 13.3 Å². The maximum Gasteiger partial charge on any atom is 0.273 e. The van der Waals surface area contributed by atoms with Crippen molar-refractivity contribution in [2.45, 2.75) is 19.8 Å². The summed E-state index contributed by atoms with van der Waals surface area (Å²) in [5, 5.41) is 1.76. The molecule has 0 aromatic carbocycles. The molecule has 0 aliphatic carbocycles. The molecule has 0 atom stereocenters. The quantitative estimate of drug-likeness (QED) is 0.768. The molecule has 1 aliphatic heterocycles. The second-order valence-electron chi connectivity index (χ2n) is 4.85. The number of ether oxygens (including phenoxy) is 1. The Hall–Kier alpha value is -1.47. The molecular formula is C14H21N3O3S. The number of thiazole rings is 1. The zero-order chi connectivity index (χ0) is 15.1. The maximum absolute atomic E-state index is 12.2. The third-order valence-corrected chi connectivity index (χ3v) is 4.04. The maximum atomic E-state index is 12.2. The van der Waals surface area contributed by atoms with Crippen molar-refractivity contribution in [3.63, 3.8) is 0 Å². The fourth-order valence-corrected chi connectivity index (χ4v) is 2.84. The molecule has 116 valence electrons. The number of rotatable bonds is 5. The van der Waals surface area contributed by atoms with Crippen LogP contribution in [0.1, 0.15) is 30.3 Å². The van der Waals surface area contributed by atoms with E-state index >= 15 is 0 Å². The molecular weight excluding hydrogens is 290 g/mol. The van der Waals surface area contributed by atoms with Gasteiger partial charge in [0.2, 0.25) is 5.91 Å². The first kappa shape index (κ1) is 15.9. The molecule has 0 saturated carbocycles. The minimum atomic E-state index is -0.0418. The lowest BCUT2D eigenvalue weighted by Crippen LogP contribution is -2.37. The first-order valence-corrected chi connectivity index (χ1v) is 8.19. The second-order valence-corrected chi connectivity index (χ2v) is 5.57. The molecule has 2 amide bonds. The van der Waals surface area contributed by atoms with E-state index in [2.05, 4.69) is 4.98 Å². The average molecular weight is 311 g/mol. The number of nitrogens with zero attached hydrogens (tertiary/aromatic N) is 3. The van der Waals surface area contributed by atoms with Gasteiger partial charge in [-0.25, -0.2) is 4.98 Å². The summed E-state index contributed by atoms with van der Waals surface area (Å²) in [5.41, 5.74) is 2.16. The zero-order valence-electron chi connectivity index (χ0n) is 12.3. The molecule has 0 radical (unpaired) electrons. The van der Waals surface area contributed by atoms with Crippen LogP contribution in [0.25, 0.3) is 0 Å². The molecule has 0 bridgehead atoms. The van der Waals surface area contributed by atoms with Crippen LogP contribution in [0.2, 0.25) is 0 Å². The first-order valence-electron chi connectivity index (χ1n) is 7.25. The van der Waals surface area contributed by atoms with E-state index in [-0.39, 0.29) is 11.8 Å². The molecule has 0 spiro atoms. The molecule has 1 aromatic heterocycles. The molecule has 1 saturated heterocycles. The van der Waals surface area contributed by atoms with Crippen molar-refractivity contribution in [3.8, 4) is 0 Å². The van der Waals surface area contributed by atoms with Crippen LogP contribution in [0.3, 0.4) is 0 Å². The van der Waals surface area contributed by atoms with E-state index in [0.717, 1.165) is 6.42 Å². The van der Waals surface area contributed by atoms with E-state index in [1.165, 1.54) is 11.3 Å². The van der Waals surface area contributed by atoms with Crippen molar-refractivity contribution in [2.75, 3.05) is 39.4 Å². The normalized spacial score (nSPS) is 15.9. The van der Waals surface area contributed by atoms with E-state index in [0.29, 0.717) is 51.5 Å². The van der Waals surface area contributed by atoms with Crippen molar-refractivity contribution >= 4 is 23.2 Å². The van der Waals surface area contributed by atoms with Crippen LogP contribution in [0.5, 0.6) is 0 Å². The SMILES string of the molecule is CCOCCC(=O)N1CCCN(C(=O)c2cscn2)CC1. The van der Waals surface area contributed by atoms with E-state index < -0.39 is 0 Å². The molecule has 1 aromatic rings. The Morgan fingerprint density at radius 1 is 1.29 bits per heavy atom. The summed E-state index contributed by atoms with van der Waals surface area (Å²) in [6.07, 6.45) is 1.21. The second kappa shape index (κ2) is 8.09. The van der Waals surface area contributed by atoms with Crippen molar-refractivity contribution in [1.82, 2.24) is 14.8 Å². The topological polar surface area (TPSA) is 62.7 Å². The van der Waals surface area contributed by atoms with Gasteiger partial charge >= 0.3 is 0 Å². The zero-order valence-corrected chi connectivity index (χ0v) is 13.1. The molecule has 0 N–H and O–H groups in total. The molecule has 6 nitrogen and oxygen atoms in total. The number of carbonyl (C=O) groups is 2. The summed E-state index contributed by atoms with van der Waals surface area (Å²) in [4.78, 5) is 32.0. The third kappa shape index (κ3) is 4.50. The Labute approximate surface area is 128 Å². The predicted octanol–water partition coefficient (Wildman–Crippen LogP) is 1.24. The van der Waals surface area contributed by atoms with Gasteiger partial charge in [0.25, 0.3) is 5.91 Å². The number of hydrogen-bond donors (Lipinski definition) is 0. The van der Waals surface area contributed by atoms with Crippen LogP contribution < -0.4 is 0 Å². The Balaban J connectivity index is 1.84. The van der Waals surface area contributed by atoms with Gasteiger partial charge in [-0.1, -0.05) is 0 Å². The number of carbonyl (C=O) groups excluding carboxylic acids is 2. The van der Waals surface area contributed by atoms with Gasteiger partial charge in [0.15, 0.2) is 0 Å². The fraction of sp³-hybridized carbons (Fsp3) is 0.643. The average Bonchev–Trinajstić information content (AvgIpc) is 2.91. The highest BCUT2D eigenvalue weighted by atomic mass is 32.1. The van der Waals surface area contributed by atoms with Crippen LogP contribution in [-0.4, -0.2) is 66.0 Å². The summed E-state index contributed by atoms with van der Waals surface area (Å²) in [5.74, 6) is 0.0614. The molecule has 7 heteroatoms. The van der Waals surface area contributed by atoms with Crippen LogP contribution >= 0.6 is 11.3 Å². The number of amides is 2. The van der Waals surface area contributed by atoms with E-state index in [1.807, 2.05) is 11.8 Å². The van der Waals surface area contributed by atoms with Crippen molar-refractivity contribution in [1.29, 1.82) is 0 Å². The summed E-state index contributed by atoms with van der Waals surface area (Å²) in [7, 11) is 0. The largest absolute Gasteiger partial charge is 0.381 e. The van der Waals surface area contributed by atoms with Gasteiger partial charge in [-0.2, -0.15) is 0 Å². The highest BCUT2D eigenvalue weighted by molar-refractivity contribution is 7.07. The van der Waals surface area contributed by atoms with Gasteiger partial charge < -0.3 is 14.5 Å². The Morgan fingerprint density at radius 2 is 2.05 bits per heavy atom. The van der Waals surface area contributed by atoms with Crippen molar-refractivity contribution < 1.29 is 14.3 Å². The van der Waals surface area contributed by atoms with Crippen LogP contribution in [0.4, 0.5) is 0 Å². The van der Waals surface area contributed by atoms with E-state index in [9.17, 15) is 9.59 Å². The molecule has 2 rings (SSSR count). The minimum absolute atomic E-state index is 0.0418. The fourth-order valence-electron chi connectivity index (χ4n) is 2.31. The molecule has 2 heterocycles. The smallest absolute Gasteiger partial charge is 0.273 e. The Bertz CT molecular complexity index is 464. The van der Waals surface area contributed by atoms with Crippen molar-refractivity contribution in [3.05, 3.63) is 16.6 Å². The van der Waals surface area contributed by atoms with Gasteiger partial charge in [0.05, 0.1) is 18.5 Å². The molecule has 0 unspecified atom stereocenters. The third-order valence-electron chi connectivity index (χ3n) is 3.45. The Kier molecular flexibility index (Phi) is 6.13. The summed E-state index contributed by atoms with van der Waals surface area (Å²) in [6, 6.07) is 0. The van der Waals surface area contributed by atoms with Crippen LogP contribution in [0.15, 0.2) is 10.9 Å². The van der Waals surface area contributed by atoms with E-state index in [1.54, 1.807) is 15.8 Å². The van der Waals surface area contributed by atoms with Gasteiger partial charge in [0, 0.05) is 38.2 Å². The number of aromatic nitrogens is 1. The van der Waals surface area contributed by atoms with Gasteiger partial charge in [-0.15, -0.1) is 11.3 Å². The summed E-state index contributed by atoms with van der Waals surface area (Å²) < 4.78 is 5.22. The molecule has 1 aliphatic rings. The lowest BCUT2D eigenvalue weighted by molar-refractivity contribution is -0.132. The Morgan fingerprint density at radius 3 is 2.76 bits per heavy atom. The van der Waals surface area contributed by atoms with Crippen molar-refractivity contribution in [2.24, 2.45) is 0 Å². The summed E-state index contributed by atoms with van der Waals surface area (Å²) in [6.45, 7) is 5.53.